The Labute approximate surface area is 177 Å². The second-order valence-corrected chi connectivity index (χ2v) is 7.06. The van der Waals surface area contributed by atoms with E-state index in [0.29, 0.717) is 36.6 Å². The number of halogens is 3. The number of nitriles is 1. The van der Waals surface area contributed by atoms with E-state index in [2.05, 4.69) is 11.1 Å². The van der Waals surface area contributed by atoms with Crippen molar-refractivity contribution in [3.05, 3.63) is 78.0 Å². The second-order valence-electron chi connectivity index (χ2n) is 7.06. The Morgan fingerprint density at radius 3 is 2.52 bits per heavy atom. The SMILES string of the molecule is N#Cc1cc(Oc2ccccc2)ccc1N1CC[C@H](Oc2ccc(C(F)(F)F)cn2)C1. The number of benzene rings is 2. The van der Waals surface area contributed by atoms with E-state index in [1.165, 1.54) is 6.07 Å². The fraction of sp³-hybridized carbons (Fsp3) is 0.217. The van der Waals surface area contributed by atoms with Gasteiger partial charge in [-0.2, -0.15) is 18.4 Å². The Morgan fingerprint density at radius 1 is 1.03 bits per heavy atom. The first-order valence-electron chi connectivity index (χ1n) is 9.64. The van der Waals surface area contributed by atoms with Crippen LogP contribution in [0.1, 0.15) is 17.5 Å². The highest BCUT2D eigenvalue weighted by Crippen LogP contribution is 2.32. The normalized spacial score (nSPS) is 16.1. The van der Waals surface area contributed by atoms with Crippen LogP contribution < -0.4 is 14.4 Å². The molecule has 0 N–H and O–H groups in total. The van der Waals surface area contributed by atoms with Gasteiger partial charge in [0.05, 0.1) is 23.4 Å². The minimum Gasteiger partial charge on any atom is -0.472 e. The van der Waals surface area contributed by atoms with Gasteiger partial charge < -0.3 is 14.4 Å². The molecule has 2 aromatic carbocycles. The molecule has 3 aromatic rings. The number of alkyl halides is 3. The van der Waals surface area contributed by atoms with Crippen molar-refractivity contribution in [3.63, 3.8) is 0 Å². The average molecular weight is 425 g/mol. The van der Waals surface area contributed by atoms with Gasteiger partial charge >= 0.3 is 6.18 Å². The van der Waals surface area contributed by atoms with E-state index in [1.807, 2.05) is 41.3 Å². The highest BCUT2D eigenvalue weighted by Gasteiger charge is 2.31. The summed E-state index contributed by atoms with van der Waals surface area (Å²) in [5, 5.41) is 9.60. The molecule has 4 rings (SSSR count). The lowest BCUT2D eigenvalue weighted by Crippen LogP contribution is -2.25. The zero-order valence-electron chi connectivity index (χ0n) is 16.3. The summed E-state index contributed by atoms with van der Waals surface area (Å²) in [5.41, 5.74) is 0.417. The van der Waals surface area contributed by atoms with Gasteiger partial charge in [-0.25, -0.2) is 4.98 Å². The van der Waals surface area contributed by atoms with Crippen LogP contribution in [0, 0.1) is 11.3 Å². The highest BCUT2D eigenvalue weighted by atomic mass is 19.4. The van der Waals surface area contributed by atoms with Gasteiger partial charge in [-0.15, -0.1) is 0 Å². The van der Waals surface area contributed by atoms with Gasteiger partial charge in [0, 0.05) is 31.3 Å². The number of pyridine rings is 1. The van der Waals surface area contributed by atoms with Gasteiger partial charge in [-0.3, -0.25) is 0 Å². The average Bonchev–Trinajstić information content (AvgIpc) is 3.22. The van der Waals surface area contributed by atoms with Crippen LogP contribution in [0.2, 0.25) is 0 Å². The molecule has 5 nitrogen and oxygen atoms in total. The molecule has 8 heteroatoms. The molecule has 1 saturated heterocycles. The molecule has 1 atom stereocenters. The lowest BCUT2D eigenvalue weighted by molar-refractivity contribution is -0.137. The van der Waals surface area contributed by atoms with Crippen molar-refractivity contribution in [1.82, 2.24) is 4.98 Å². The molecule has 1 aromatic heterocycles. The third kappa shape index (κ3) is 4.89. The molecule has 0 unspecified atom stereocenters. The molecule has 0 aliphatic carbocycles. The van der Waals surface area contributed by atoms with E-state index in [1.54, 1.807) is 12.1 Å². The molecule has 0 spiro atoms. The van der Waals surface area contributed by atoms with Crippen molar-refractivity contribution < 1.29 is 22.6 Å². The Kier molecular flexibility index (Phi) is 5.67. The fourth-order valence-corrected chi connectivity index (χ4v) is 3.40. The summed E-state index contributed by atoms with van der Waals surface area (Å²) < 4.78 is 49.5. The summed E-state index contributed by atoms with van der Waals surface area (Å²) in [4.78, 5) is 5.78. The van der Waals surface area contributed by atoms with E-state index in [-0.39, 0.29) is 12.0 Å². The number of rotatable bonds is 5. The predicted molar refractivity (Wildman–Crippen MR) is 108 cm³/mol. The summed E-state index contributed by atoms with van der Waals surface area (Å²) in [6.07, 6.45) is -3.24. The van der Waals surface area contributed by atoms with Crippen LogP contribution in [0.15, 0.2) is 66.9 Å². The molecule has 0 radical (unpaired) electrons. The Bertz CT molecular complexity index is 1080. The van der Waals surface area contributed by atoms with Gasteiger partial charge in [0.2, 0.25) is 5.88 Å². The molecule has 1 fully saturated rings. The number of para-hydroxylation sites is 1. The van der Waals surface area contributed by atoms with E-state index in [0.717, 1.165) is 18.0 Å². The molecule has 1 aliphatic rings. The molecular formula is C23H18F3N3O2. The van der Waals surface area contributed by atoms with Gasteiger partial charge in [0.15, 0.2) is 0 Å². The first-order chi connectivity index (χ1) is 14.9. The summed E-state index contributed by atoms with van der Waals surface area (Å²) in [6, 6.07) is 19.0. The monoisotopic (exact) mass is 425 g/mol. The third-order valence-electron chi connectivity index (χ3n) is 4.90. The van der Waals surface area contributed by atoms with Crippen LogP contribution in [0.4, 0.5) is 18.9 Å². The Hall–Kier alpha value is -3.73. The Balaban J connectivity index is 1.42. The first-order valence-corrected chi connectivity index (χ1v) is 9.64. The lowest BCUT2D eigenvalue weighted by Gasteiger charge is -2.20. The quantitative estimate of drug-likeness (QED) is 0.546. The predicted octanol–water partition coefficient (Wildman–Crippen LogP) is 5.42. The van der Waals surface area contributed by atoms with Crippen molar-refractivity contribution >= 4 is 5.69 Å². The summed E-state index contributed by atoms with van der Waals surface area (Å²) >= 11 is 0. The van der Waals surface area contributed by atoms with Crippen LogP contribution in [-0.4, -0.2) is 24.2 Å². The van der Waals surface area contributed by atoms with Crippen LogP contribution in [-0.2, 0) is 6.18 Å². The summed E-state index contributed by atoms with van der Waals surface area (Å²) in [6.45, 7) is 1.15. The second kappa shape index (κ2) is 8.56. The number of hydrogen-bond donors (Lipinski definition) is 0. The van der Waals surface area contributed by atoms with Crippen molar-refractivity contribution in [1.29, 1.82) is 5.26 Å². The number of ether oxygens (including phenoxy) is 2. The standard InChI is InChI=1S/C23H18F3N3O2/c24-23(25,26)17-6-9-22(28-14-17)31-20-10-11-29(15-20)21-8-7-19(12-16(21)13-27)30-18-4-2-1-3-5-18/h1-9,12,14,20H,10-11,15H2/t20-/m0/s1. The zero-order valence-corrected chi connectivity index (χ0v) is 16.3. The third-order valence-corrected chi connectivity index (χ3v) is 4.90. The first kappa shape index (κ1) is 20.5. The smallest absolute Gasteiger partial charge is 0.417 e. The maximum atomic E-state index is 12.7. The van der Waals surface area contributed by atoms with Crippen LogP contribution in [0.5, 0.6) is 17.4 Å². The number of anilines is 1. The molecule has 2 heterocycles. The zero-order chi connectivity index (χ0) is 21.8. The summed E-state index contributed by atoms with van der Waals surface area (Å²) in [7, 11) is 0. The molecule has 1 aliphatic heterocycles. The largest absolute Gasteiger partial charge is 0.472 e. The van der Waals surface area contributed by atoms with Crippen molar-refractivity contribution in [2.45, 2.75) is 18.7 Å². The summed E-state index contributed by atoms with van der Waals surface area (Å²) in [5.74, 6) is 1.39. The van der Waals surface area contributed by atoms with Crippen molar-refractivity contribution in [2.24, 2.45) is 0 Å². The highest BCUT2D eigenvalue weighted by molar-refractivity contribution is 5.62. The fourth-order valence-electron chi connectivity index (χ4n) is 3.40. The van der Waals surface area contributed by atoms with Crippen LogP contribution >= 0.6 is 0 Å². The number of hydrogen-bond acceptors (Lipinski definition) is 5. The van der Waals surface area contributed by atoms with Crippen molar-refractivity contribution in [2.75, 3.05) is 18.0 Å². The number of nitrogens with zero attached hydrogens (tertiary/aromatic N) is 3. The van der Waals surface area contributed by atoms with E-state index in [4.69, 9.17) is 9.47 Å². The molecular weight excluding hydrogens is 407 g/mol. The molecule has 31 heavy (non-hydrogen) atoms. The van der Waals surface area contributed by atoms with Crippen LogP contribution in [0.3, 0.4) is 0 Å². The number of aromatic nitrogens is 1. The lowest BCUT2D eigenvalue weighted by atomic mass is 10.1. The minimum atomic E-state index is -4.43. The van der Waals surface area contributed by atoms with E-state index < -0.39 is 11.7 Å². The maximum Gasteiger partial charge on any atom is 0.417 e. The minimum absolute atomic E-state index is 0.145. The van der Waals surface area contributed by atoms with Gasteiger partial charge in [-0.05, 0) is 30.3 Å². The molecule has 0 amide bonds. The molecule has 0 bridgehead atoms. The van der Waals surface area contributed by atoms with Gasteiger partial charge in [0.1, 0.15) is 23.7 Å². The van der Waals surface area contributed by atoms with Crippen molar-refractivity contribution in [3.8, 4) is 23.4 Å². The van der Waals surface area contributed by atoms with E-state index in [9.17, 15) is 18.4 Å². The van der Waals surface area contributed by atoms with Gasteiger partial charge in [-0.1, -0.05) is 18.2 Å². The topological polar surface area (TPSA) is 58.4 Å². The molecule has 158 valence electrons. The Morgan fingerprint density at radius 2 is 1.84 bits per heavy atom. The molecule has 0 saturated carbocycles. The van der Waals surface area contributed by atoms with Gasteiger partial charge in [0.25, 0.3) is 0 Å². The van der Waals surface area contributed by atoms with Crippen LogP contribution in [0.25, 0.3) is 0 Å². The maximum absolute atomic E-state index is 12.7. The van der Waals surface area contributed by atoms with E-state index >= 15 is 0 Å².